The van der Waals surface area contributed by atoms with Crippen LogP contribution in [-0.4, -0.2) is 69.6 Å². The lowest BCUT2D eigenvalue weighted by atomic mass is 10.1. The van der Waals surface area contributed by atoms with Gasteiger partial charge in [-0.3, -0.25) is 14.6 Å². The molecular formula is C20H22N2O5S. The van der Waals surface area contributed by atoms with Gasteiger partial charge < -0.3 is 19.8 Å². The first-order valence-electron chi connectivity index (χ1n) is 8.99. The maximum atomic E-state index is 13.1. The molecule has 0 spiro atoms. The number of phenolic OH excluding ortho intramolecular Hbond substituents is 1. The van der Waals surface area contributed by atoms with Gasteiger partial charge in [-0.2, -0.15) is 11.8 Å². The number of hydrogen-bond acceptors (Lipinski definition) is 7. The smallest absolute Gasteiger partial charge is 0.256 e. The maximum Gasteiger partial charge on any atom is 0.256 e. The zero-order valence-corrected chi connectivity index (χ0v) is 16.1. The third-order valence-corrected chi connectivity index (χ3v) is 5.64. The second-order valence-electron chi connectivity index (χ2n) is 6.32. The predicted octanol–water partition coefficient (Wildman–Crippen LogP) is 1.77. The SMILES string of the molecule is O=Cc1c(O)cccc1OC[C@@H]1CSCCN1C(=O)c1cccnc1CCO. The number of aliphatic hydroxyl groups is 1. The lowest BCUT2D eigenvalue weighted by Crippen LogP contribution is -2.49. The van der Waals surface area contributed by atoms with Crippen molar-refractivity contribution < 1.29 is 24.5 Å². The van der Waals surface area contributed by atoms with Gasteiger partial charge >= 0.3 is 0 Å². The first-order valence-corrected chi connectivity index (χ1v) is 10.1. The molecule has 1 saturated heterocycles. The maximum absolute atomic E-state index is 13.1. The lowest BCUT2D eigenvalue weighted by molar-refractivity contribution is 0.0645. The lowest BCUT2D eigenvalue weighted by Gasteiger charge is -2.35. The average Bonchev–Trinajstić information content (AvgIpc) is 2.72. The normalized spacial score (nSPS) is 16.6. The van der Waals surface area contributed by atoms with E-state index in [1.54, 1.807) is 47.1 Å². The third kappa shape index (κ3) is 4.45. The Morgan fingerprint density at radius 1 is 1.36 bits per heavy atom. The number of aliphatic hydroxyl groups excluding tert-OH is 1. The van der Waals surface area contributed by atoms with E-state index in [1.807, 2.05) is 0 Å². The monoisotopic (exact) mass is 402 g/mol. The minimum Gasteiger partial charge on any atom is -0.507 e. The van der Waals surface area contributed by atoms with Crippen molar-refractivity contribution in [2.24, 2.45) is 0 Å². The first kappa shape index (κ1) is 20.2. The number of carbonyl (C=O) groups is 2. The summed E-state index contributed by atoms with van der Waals surface area (Å²) in [4.78, 5) is 30.3. The highest BCUT2D eigenvalue weighted by Gasteiger charge is 2.30. The van der Waals surface area contributed by atoms with Crippen LogP contribution in [0.4, 0.5) is 0 Å². The Morgan fingerprint density at radius 3 is 3.00 bits per heavy atom. The number of pyridine rings is 1. The molecule has 0 bridgehead atoms. The molecule has 8 heteroatoms. The number of aromatic nitrogens is 1. The van der Waals surface area contributed by atoms with E-state index in [1.165, 1.54) is 6.07 Å². The second-order valence-corrected chi connectivity index (χ2v) is 7.47. The molecule has 1 atom stereocenters. The molecular weight excluding hydrogens is 380 g/mol. The third-order valence-electron chi connectivity index (χ3n) is 4.55. The van der Waals surface area contributed by atoms with Gasteiger partial charge in [0.2, 0.25) is 0 Å². The largest absolute Gasteiger partial charge is 0.507 e. The van der Waals surface area contributed by atoms with Crippen LogP contribution in [0.25, 0.3) is 0 Å². The molecule has 148 valence electrons. The van der Waals surface area contributed by atoms with Gasteiger partial charge in [0.15, 0.2) is 6.29 Å². The fourth-order valence-electron chi connectivity index (χ4n) is 3.12. The summed E-state index contributed by atoms with van der Waals surface area (Å²) >= 11 is 1.73. The molecule has 2 heterocycles. The molecule has 3 rings (SSSR count). The van der Waals surface area contributed by atoms with E-state index in [4.69, 9.17) is 4.74 Å². The van der Waals surface area contributed by atoms with Crippen LogP contribution in [0.1, 0.15) is 26.4 Å². The summed E-state index contributed by atoms with van der Waals surface area (Å²) in [5.41, 5.74) is 1.16. The van der Waals surface area contributed by atoms with Gasteiger partial charge in [0.05, 0.1) is 22.9 Å². The molecule has 0 aliphatic carbocycles. The van der Waals surface area contributed by atoms with Crippen molar-refractivity contribution in [2.45, 2.75) is 12.5 Å². The summed E-state index contributed by atoms with van der Waals surface area (Å²) in [5.74, 6) is 1.54. The topological polar surface area (TPSA) is 100.0 Å². The second kappa shape index (κ2) is 9.57. The predicted molar refractivity (Wildman–Crippen MR) is 106 cm³/mol. The van der Waals surface area contributed by atoms with Crippen molar-refractivity contribution in [1.29, 1.82) is 0 Å². The van der Waals surface area contributed by atoms with Crippen LogP contribution in [0.5, 0.6) is 11.5 Å². The number of thioether (sulfide) groups is 1. The van der Waals surface area contributed by atoms with Crippen molar-refractivity contribution in [3.8, 4) is 11.5 Å². The highest BCUT2D eigenvalue weighted by atomic mass is 32.2. The van der Waals surface area contributed by atoms with Gasteiger partial charge in [0.1, 0.15) is 18.1 Å². The molecule has 1 aliphatic heterocycles. The molecule has 7 nitrogen and oxygen atoms in total. The van der Waals surface area contributed by atoms with E-state index in [0.717, 1.165) is 5.75 Å². The standard InChI is InChI=1S/C20H22N2O5S/c23-9-6-17-15(3-2-7-21-17)20(26)22-8-10-28-13-14(22)12-27-19-5-1-4-18(25)16(19)11-24/h1-5,7,11,14,23,25H,6,8-10,12-13H2/t14-/m1/s1. The van der Waals surface area contributed by atoms with Gasteiger partial charge in [-0.25, -0.2) is 0 Å². The van der Waals surface area contributed by atoms with E-state index in [2.05, 4.69) is 4.98 Å². The van der Waals surface area contributed by atoms with E-state index in [9.17, 15) is 19.8 Å². The molecule has 1 aromatic carbocycles. The molecule has 28 heavy (non-hydrogen) atoms. The van der Waals surface area contributed by atoms with Crippen molar-refractivity contribution >= 4 is 24.0 Å². The number of carbonyl (C=O) groups excluding carboxylic acids is 2. The quantitative estimate of drug-likeness (QED) is 0.681. The summed E-state index contributed by atoms with van der Waals surface area (Å²) in [6.07, 6.45) is 2.48. The van der Waals surface area contributed by atoms with Gasteiger partial charge in [-0.15, -0.1) is 0 Å². The molecule has 1 aliphatic rings. The Bertz CT molecular complexity index is 845. The minimum atomic E-state index is -0.185. The summed E-state index contributed by atoms with van der Waals surface area (Å²) in [6.45, 7) is 0.704. The molecule has 1 amide bonds. The number of aromatic hydroxyl groups is 1. The fourth-order valence-corrected chi connectivity index (χ4v) is 4.16. The number of hydrogen-bond donors (Lipinski definition) is 2. The van der Waals surface area contributed by atoms with Crippen LogP contribution in [0.15, 0.2) is 36.5 Å². The number of amides is 1. The fraction of sp³-hybridized carbons (Fsp3) is 0.350. The number of rotatable bonds is 7. The Kier molecular flexibility index (Phi) is 6.89. The van der Waals surface area contributed by atoms with Crippen LogP contribution >= 0.6 is 11.8 Å². The van der Waals surface area contributed by atoms with Crippen molar-refractivity contribution in [3.63, 3.8) is 0 Å². The zero-order chi connectivity index (χ0) is 19.9. The van der Waals surface area contributed by atoms with Gasteiger partial charge in [0, 0.05) is 37.3 Å². The van der Waals surface area contributed by atoms with Crippen LogP contribution in [-0.2, 0) is 6.42 Å². The number of nitrogens with zero attached hydrogens (tertiary/aromatic N) is 2. The van der Waals surface area contributed by atoms with Gasteiger partial charge in [0.25, 0.3) is 5.91 Å². The molecule has 2 aromatic rings. The number of aldehydes is 1. The van der Waals surface area contributed by atoms with Crippen LogP contribution in [0, 0.1) is 0 Å². The minimum absolute atomic E-state index is 0.0777. The van der Waals surface area contributed by atoms with Crippen molar-refractivity contribution in [2.75, 3.05) is 31.3 Å². The average molecular weight is 402 g/mol. The highest BCUT2D eigenvalue weighted by Crippen LogP contribution is 2.27. The summed E-state index contributed by atoms with van der Waals surface area (Å²) in [7, 11) is 0. The van der Waals surface area contributed by atoms with E-state index >= 15 is 0 Å². The van der Waals surface area contributed by atoms with Crippen molar-refractivity contribution in [1.82, 2.24) is 9.88 Å². The molecule has 1 fully saturated rings. The van der Waals surface area contributed by atoms with Crippen LogP contribution < -0.4 is 4.74 Å². The summed E-state index contributed by atoms with van der Waals surface area (Å²) in [6, 6.07) is 7.89. The zero-order valence-electron chi connectivity index (χ0n) is 15.3. The summed E-state index contributed by atoms with van der Waals surface area (Å²) < 4.78 is 5.79. The molecule has 1 aromatic heterocycles. The number of benzene rings is 1. The summed E-state index contributed by atoms with van der Waals surface area (Å²) in [5, 5.41) is 19.0. The van der Waals surface area contributed by atoms with Crippen molar-refractivity contribution in [3.05, 3.63) is 53.3 Å². The van der Waals surface area contributed by atoms with Crippen LogP contribution in [0.3, 0.4) is 0 Å². The Morgan fingerprint density at radius 2 is 2.21 bits per heavy atom. The Hall–Kier alpha value is -2.58. The van der Waals surface area contributed by atoms with Crippen LogP contribution in [0.2, 0.25) is 0 Å². The highest BCUT2D eigenvalue weighted by molar-refractivity contribution is 7.99. The van der Waals surface area contributed by atoms with Gasteiger partial charge in [-0.05, 0) is 24.3 Å². The first-order chi connectivity index (χ1) is 13.7. The molecule has 0 unspecified atom stereocenters. The Balaban J connectivity index is 1.77. The van der Waals surface area contributed by atoms with Gasteiger partial charge in [-0.1, -0.05) is 6.07 Å². The molecule has 2 N–H and O–H groups in total. The number of phenols is 1. The molecule has 0 radical (unpaired) electrons. The van der Waals surface area contributed by atoms with E-state index < -0.39 is 0 Å². The Labute approximate surface area is 167 Å². The number of ether oxygens (including phenoxy) is 1. The van der Waals surface area contributed by atoms with E-state index in [-0.39, 0.29) is 36.5 Å². The van der Waals surface area contributed by atoms with E-state index in [0.29, 0.717) is 42.0 Å². The molecule has 0 saturated carbocycles.